The van der Waals surface area contributed by atoms with Crippen LogP contribution in [-0.2, 0) is 16.2 Å². The van der Waals surface area contributed by atoms with Gasteiger partial charge >= 0.3 is 0 Å². The van der Waals surface area contributed by atoms with Crippen LogP contribution in [0, 0.1) is 13.8 Å². The third kappa shape index (κ3) is 5.35. The van der Waals surface area contributed by atoms with Crippen LogP contribution < -0.4 is 0 Å². The van der Waals surface area contributed by atoms with Crippen molar-refractivity contribution in [1.29, 1.82) is 0 Å². The van der Waals surface area contributed by atoms with Crippen molar-refractivity contribution < 1.29 is 0 Å². The zero-order valence-electron chi connectivity index (χ0n) is 47.1. The fourth-order valence-corrected chi connectivity index (χ4v) is 18.2. The van der Waals surface area contributed by atoms with E-state index in [4.69, 9.17) is 0 Å². The molecule has 14 aromatic carbocycles. The van der Waals surface area contributed by atoms with Gasteiger partial charge in [0.15, 0.2) is 0 Å². The van der Waals surface area contributed by atoms with Gasteiger partial charge in [-0.3, -0.25) is 0 Å². The Bertz CT molecular complexity index is 5240. The highest BCUT2D eigenvalue weighted by atomic mass is 14.6. The Labute approximate surface area is 494 Å². The molecule has 85 heavy (non-hydrogen) atoms. The van der Waals surface area contributed by atoms with Crippen LogP contribution in [0.4, 0.5) is 0 Å². The third-order valence-corrected chi connectivity index (χ3v) is 21.5. The van der Waals surface area contributed by atoms with Gasteiger partial charge in [0.1, 0.15) is 0 Å². The second kappa shape index (κ2) is 16.0. The molecule has 0 saturated carbocycles. The van der Waals surface area contributed by atoms with Gasteiger partial charge in [-0.15, -0.1) is 0 Å². The molecule has 0 heteroatoms. The maximum Gasteiger partial charge on any atom is 0.0725 e. The number of rotatable bonds is 2. The van der Waals surface area contributed by atoms with Crippen molar-refractivity contribution >= 4 is 21.5 Å². The fraction of sp³-hybridized carbons (Fsp3) is 0.0588. The molecule has 14 aromatic rings. The molecule has 0 aromatic heterocycles. The van der Waals surface area contributed by atoms with Crippen LogP contribution in [-0.4, -0.2) is 0 Å². The quantitative estimate of drug-likeness (QED) is 0.151. The first-order valence-corrected chi connectivity index (χ1v) is 30.2. The number of hydrogen-bond donors (Lipinski definition) is 0. The van der Waals surface area contributed by atoms with E-state index in [0.29, 0.717) is 0 Å². The molecular weight excluding hydrogens is 1020 g/mol. The molecule has 392 valence electrons. The van der Waals surface area contributed by atoms with E-state index in [0.717, 1.165) is 0 Å². The monoisotopic (exact) mass is 1070 g/mol. The molecule has 0 bridgehead atoms. The van der Waals surface area contributed by atoms with Crippen molar-refractivity contribution in [2.75, 3.05) is 0 Å². The summed E-state index contributed by atoms with van der Waals surface area (Å²) in [6.07, 6.45) is 0. The Balaban J connectivity index is 0.781. The third-order valence-electron chi connectivity index (χ3n) is 21.5. The molecule has 0 saturated heterocycles. The SMILES string of the molecule is Cc1c2ccc(-c3ccc4c(c3)C3(c5ccccc5-c5ccccc53)c3ccccc3-4)cc2c(C)c2cc3c(cc12)-c1ccc(-c2ccc4c(c2)C2(c5ccccc5-c5ccccc52)c2ccccc2-4)cc1C31c2ccccc2-c2ccccc21. The van der Waals surface area contributed by atoms with E-state index in [1.165, 1.54) is 188 Å². The highest BCUT2D eigenvalue weighted by Crippen LogP contribution is 2.67. The molecule has 0 fully saturated rings. The number of fused-ring (bicyclic) bond motifs is 32. The Morgan fingerprint density at radius 2 is 0.388 bits per heavy atom. The van der Waals surface area contributed by atoms with Crippen LogP contribution in [0.5, 0.6) is 0 Å². The van der Waals surface area contributed by atoms with Crippen molar-refractivity contribution in [3.8, 4) is 89.0 Å². The van der Waals surface area contributed by atoms with E-state index in [1.54, 1.807) is 0 Å². The predicted molar refractivity (Wildman–Crippen MR) is 351 cm³/mol. The van der Waals surface area contributed by atoms with E-state index in [-0.39, 0.29) is 0 Å². The lowest BCUT2D eigenvalue weighted by Crippen LogP contribution is -2.26. The summed E-state index contributed by atoms with van der Waals surface area (Å²) < 4.78 is 0. The largest absolute Gasteiger partial charge is 0.0725 e. The van der Waals surface area contributed by atoms with E-state index in [9.17, 15) is 0 Å². The average Bonchev–Trinajstić information content (AvgIpc) is 1.57. The summed E-state index contributed by atoms with van der Waals surface area (Å²) in [5.41, 5.74) is 38.5. The van der Waals surface area contributed by atoms with Crippen molar-refractivity contribution in [3.63, 3.8) is 0 Å². The van der Waals surface area contributed by atoms with Gasteiger partial charge in [0, 0.05) is 0 Å². The molecule has 0 unspecified atom stereocenters. The maximum atomic E-state index is 2.62. The molecule has 0 aliphatic heterocycles. The topological polar surface area (TPSA) is 0 Å². The van der Waals surface area contributed by atoms with Gasteiger partial charge in [-0.2, -0.15) is 0 Å². The summed E-state index contributed by atoms with van der Waals surface area (Å²) in [7, 11) is 0. The number of hydrogen-bond acceptors (Lipinski definition) is 0. The van der Waals surface area contributed by atoms with E-state index in [1.807, 2.05) is 0 Å². The van der Waals surface area contributed by atoms with Crippen LogP contribution in [0.15, 0.2) is 279 Å². The lowest BCUT2D eigenvalue weighted by molar-refractivity contribution is 0.793. The van der Waals surface area contributed by atoms with Crippen molar-refractivity contribution in [3.05, 3.63) is 357 Å². The number of benzene rings is 14. The summed E-state index contributed by atoms with van der Waals surface area (Å²) in [5, 5.41) is 5.25. The van der Waals surface area contributed by atoms with Gasteiger partial charge in [0.25, 0.3) is 0 Å². The molecule has 0 N–H and O–H groups in total. The summed E-state index contributed by atoms with van der Waals surface area (Å²) >= 11 is 0. The maximum absolute atomic E-state index is 2.62. The average molecular weight is 1070 g/mol. The molecule has 0 atom stereocenters. The Hall–Kier alpha value is -10.4. The molecule has 3 spiro atoms. The zero-order valence-corrected chi connectivity index (χ0v) is 47.1. The van der Waals surface area contributed by atoms with Crippen LogP contribution >= 0.6 is 0 Å². The first kappa shape index (κ1) is 46.1. The van der Waals surface area contributed by atoms with Crippen LogP contribution in [0.1, 0.15) is 77.9 Å². The molecule has 0 heterocycles. The highest BCUT2D eigenvalue weighted by Gasteiger charge is 2.55. The van der Waals surface area contributed by atoms with Gasteiger partial charge in [-0.1, -0.05) is 243 Å². The minimum atomic E-state index is -0.536. The van der Waals surface area contributed by atoms with Crippen molar-refractivity contribution in [2.45, 2.75) is 30.1 Å². The minimum Gasteiger partial charge on any atom is -0.0619 e. The molecule has 0 nitrogen and oxygen atoms in total. The van der Waals surface area contributed by atoms with Gasteiger partial charge in [-0.05, 0) is 239 Å². The lowest BCUT2D eigenvalue weighted by atomic mass is 9.69. The van der Waals surface area contributed by atoms with Crippen molar-refractivity contribution in [1.82, 2.24) is 0 Å². The minimum absolute atomic E-state index is 0.396. The summed E-state index contributed by atoms with van der Waals surface area (Å²) in [5.74, 6) is 0. The van der Waals surface area contributed by atoms with E-state index >= 15 is 0 Å². The summed E-state index contributed by atoms with van der Waals surface area (Å²) in [4.78, 5) is 0. The molecule has 20 rings (SSSR count). The van der Waals surface area contributed by atoms with Gasteiger partial charge in [-0.25, -0.2) is 0 Å². The Morgan fingerprint density at radius 3 is 0.729 bits per heavy atom. The van der Waals surface area contributed by atoms with E-state index in [2.05, 4.69) is 293 Å². The fourth-order valence-electron chi connectivity index (χ4n) is 18.2. The lowest BCUT2D eigenvalue weighted by Gasteiger charge is -2.31. The molecule has 6 aliphatic rings. The molecule has 0 amide bonds. The first-order valence-electron chi connectivity index (χ1n) is 30.2. The molecular formula is C85H52. The predicted octanol–water partition coefficient (Wildman–Crippen LogP) is 21.0. The van der Waals surface area contributed by atoms with E-state index < -0.39 is 16.2 Å². The van der Waals surface area contributed by atoms with Crippen LogP contribution in [0.2, 0.25) is 0 Å². The Morgan fingerprint density at radius 1 is 0.165 bits per heavy atom. The first-order chi connectivity index (χ1) is 42.0. The van der Waals surface area contributed by atoms with Crippen LogP contribution in [0.3, 0.4) is 0 Å². The highest BCUT2D eigenvalue weighted by molar-refractivity contribution is 6.11. The zero-order chi connectivity index (χ0) is 55.7. The molecule has 0 radical (unpaired) electrons. The van der Waals surface area contributed by atoms with Gasteiger partial charge in [0.2, 0.25) is 0 Å². The summed E-state index contributed by atoms with van der Waals surface area (Å²) in [6, 6.07) is 108. The van der Waals surface area contributed by atoms with Crippen LogP contribution in [0.25, 0.3) is 111 Å². The standard InChI is InChI=1S/C85H52/c1-49-55-39-35-51(52-36-40-64-62-25-9-15-31-75(62)83(79(64)44-52)71-27-11-3-19-56(71)57-20-4-12-28-72(57)83)43-67(55)50(2)69-48-82-70(47-68(49)69)66-42-38-54(46-81(66)85(82)77-33-17-7-23-60(77)61-24-8-18-34-78(61)85)53-37-41-65-63-26-10-16-32-76(63)84(80(65)45-53)73-29-13-5-21-58(73)59-22-6-14-30-74(59)84/h3-48H,1-2H3. The summed E-state index contributed by atoms with van der Waals surface area (Å²) in [6.45, 7) is 4.74. The second-order valence-corrected chi connectivity index (χ2v) is 24.8. The van der Waals surface area contributed by atoms with Gasteiger partial charge in [0.05, 0.1) is 16.2 Å². The molecule has 6 aliphatic carbocycles. The smallest absolute Gasteiger partial charge is 0.0619 e. The second-order valence-electron chi connectivity index (χ2n) is 24.8. The van der Waals surface area contributed by atoms with Crippen molar-refractivity contribution in [2.24, 2.45) is 0 Å². The number of aryl methyl sites for hydroxylation is 2. The Kier molecular flexibility index (Phi) is 8.69. The normalized spacial score (nSPS) is 15.0. The van der Waals surface area contributed by atoms with Gasteiger partial charge < -0.3 is 0 Å².